The van der Waals surface area contributed by atoms with Crippen LogP contribution in [0.3, 0.4) is 0 Å². The Bertz CT molecular complexity index is 1510. The van der Waals surface area contributed by atoms with Gasteiger partial charge >= 0.3 is 5.69 Å². The van der Waals surface area contributed by atoms with E-state index in [1.807, 2.05) is 30.5 Å². The predicted molar refractivity (Wildman–Crippen MR) is 146 cm³/mol. The van der Waals surface area contributed by atoms with E-state index in [9.17, 15) is 4.79 Å². The molecule has 0 radical (unpaired) electrons. The Morgan fingerprint density at radius 1 is 1.11 bits per heavy atom. The number of aromatic nitrogens is 4. The number of aryl methyl sites for hydroxylation is 1. The number of benzene rings is 1. The fourth-order valence-corrected chi connectivity index (χ4v) is 5.34. The van der Waals surface area contributed by atoms with Crippen LogP contribution in [0.2, 0.25) is 5.02 Å². The van der Waals surface area contributed by atoms with Crippen LogP contribution >= 0.6 is 11.6 Å². The fourth-order valence-electron chi connectivity index (χ4n) is 5.22. The largest absolute Gasteiger partial charge is 0.361 e. The molecule has 1 aromatic carbocycles. The second kappa shape index (κ2) is 10.3. The maximum atomic E-state index is 12.8. The van der Waals surface area contributed by atoms with Gasteiger partial charge in [-0.3, -0.25) is 14.5 Å². The molecule has 3 unspecified atom stereocenters. The Morgan fingerprint density at radius 3 is 2.57 bits per heavy atom. The summed E-state index contributed by atoms with van der Waals surface area (Å²) in [4.78, 5) is 34.7. The third-order valence-electron chi connectivity index (χ3n) is 7.15. The van der Waals surface area contributed by atoms with E-state index >= 15 is 0 Å². The number of hydrogen-bond donors (Lipinski definition) is 0. The molecule has 1 aliphatic heterocycles. The molecule has 0 spiro atoms. The zero-order valence-electron chi connectivity index (χ0n) is 21.0. The Morgan fingerprint density at radius 2 is 1.89 bits per heavy atom. The topological polar surface area (TPSA) is 71.5 Å². The van der Waals surface area contributed by atoms with E-state index in [-0.39, 0.29) is 29.6 Å². The van der Waals surface area contributed by atoms with Crippen LogP contribution in [0.5, 0.6) is 0 Å². The summed E-state index contributed by atoms with van der Waals surface area (Å²) in [5.41, 5.74) is 3.00. The van der Waals surface area contributed by atoms with E-state index in [1.165, 1.54) is 4.57 Å². The van der Waals surface area contributed by atoms with E-state index in [0.29, 0.717) is 28.4 Å². The van der Waals surface area contributed by atoms with Gasteiger partial charge in [0, 0.05) is 43.4 Å². The van der Waals surface area contributed by atoms with Gasteiger partial charge in [0.05, 0.1) is 17.3 Å². The molecular weight excluding hydrogens is 486 g/mol. The molecule has 0 amide bonds. The number of pyridine rings is 2. The maximum Gasteiger partial charge on any atom is 0.350 e. The van der Waals surface area contributed by atoms with Crippen LogP contribution in [0.25, 0.3) is 15.9 Å². The standard InChI is InChI=1S/C28H28ClN7O/c1-5-21-17-35(27-25-23(34(4)28(37)33-27)13-14-24(30-3)32-25)18(2)16-36(21)26(22-8-6-7-15-31-22)19-9-11-20(29)12-10-19/h6-15,18,21,26H,5,16-17H2,1-2,4H3. The number of hydrogen-bond acceptors (Lipinski definition) is 6. The van der Waals surface area contributed by atoms with Gasteiger partial charge in [-0.05, 0) is 55.3 Å². The first-order valence-electron chi connectivity index (χ1n) is 12.3. The smallest absolute Gasteiger partial charge is 0.350 e. The monoisotopic (exact) mass is 513 g/mol. The third kappa shape index (κ3) is 4.68. The second-order valence-electron chi connectivity index (χ2n) is 9.39. The number of nitrogens with zero attached hydrogens (tertiary/aromatic N) is 7. The van der Waals surface area contributed by atoms with Crippen molar-refractivity contribution in [2.24, 2.45) is 7.05 Å². The molecule has 3 aromatic heterocycles. The molecule has 3 atom stereocenters. The summed E-state index contributed by atoms with van der Waals surface area (Å²) in [6, 6.07) is 17.5. The highest BCUT2D eigenvalue weighted by Crippen LogP contribution is 2.36. The van der Waals surface area contributed by atoms with Crippen molar-refractivity contribution < 1.29 is 0 Å². The van der Waals surface area contributed by atoms with Gasteiger partial charge in [-0.15, -0.1) is 4.98 Å². The summed E-state index contributed by atoms with van der Waals surface area (Å²) in [5.74, 6) is 0.820. The molecule has 1 fully saturated rings. The van der Waals surface area contributed by atoms with E-state index in [0.717, 1.165) is 24.2 Å². The van der Waals surface area contributed by atoms with Crippen LogP contribution in [0.1, 0.15) is 37.6 Å². The molecule has 4 heterocycles. The van der Waals surface area contributed by atoms with Crippen molar-refractivity contribution in [2.75, 3.05) is 18.0 Å². The van der Waals surface area contributed by atoms with Gasteiger partial charge in [0.15, 0.2) is 5.82 Å². The summed E-state index contributed by atoms with van der Waals surface area (Å²) < 4.78 is 1.48. The Kier molecular flexibility index (Phi) is 6.92. The van der Waals surface area contributed by atoms with Crippen molar-refractivity contribution in [3.05, 3.63) is 99.0 Å². The normalized spacial score (nSPS) is 19.1. The quantitative estimate of drug-likeness (QED) is 0.349. The van der Waals surface area contributed by atoms with Gasteiger partial charge in [-0.25, -0.2) is 4.79 Å². The number of halogens is 1. The number of fused-ring (bicyclic) bond motifs is 1. The molecule has 0 aliphatic carbocycles. The molecule has 188 valence electrons. The Balaban J connectivity index is 1.58. The summed E-state index contributed by atoms with van der Waals surface area (Å²) in [7, 11) is 1.68. The molecule has 5 rings (SSSR count). The molecule has 0 saturated carbocycles. The average Bonchev–Trinajstić information content (AvgIpc) is 2.92. The van der Waals surface area contributed by atoms with Crippen LogP contribution in [-0.2, 0) is 7.05 Å². The molecular formula is C28H28ClN7O. The zero-order chi connectivity index (χ0) is 26.1. The lowest BCUT2D eigenvalue weighted by atomic mass is 9.95. The van der Waals surface area contributed by atoms with Gasteiger partial charge in [-0.1, -0.05) is 43.3 Å². The van der Waals surface area contributed by atoms with Gasteiger partial charge in [0.25, 0.3) is 5.82 Å². The summed E-state index contributed by atoms with van der Waals surface area (Å²) >= 11 is 6.21. The van der Waals surface area contributed by atoms with Crippen molar-refractivity contribution >= 4 is 34.3 Å². The van der Waals surface area contributed by atoms with E-state index < -0.39 is 0 Å². The van der Waals surface area contributed by atoms with Crippen LogP contribution in [0, 0.1) is 6.57 Å². The van der Waals surface area contributed by atoms with Crippen molar-refractivity contribution in [1.29, 1.82) is 0 Å². The number of anilines is 1. The predicted octanol–water partition coefficient (Wildman–Crippen LogP) is 5.01. The second-order valence-corrected chi connectivity index (χ2v) is 9.83. The Hall–Kier alpha value is -3.80. The molecule has 0 N–H and O–H groups in total. The first-order valence-corrected chi connectivity index (χ1v) is 12.7. The minimum absolute atomic E-state index is 0.0301. The van der Waals surface area contributed by atoms with Crippen LogP contribution < -0.4 is 10.6 Å². The van der Waals surface area contributed by atoms with Crippen molar-refractivity contribution in [1.82, 2.24) is 24.4 Å². The average molecular weight is 514 g/mol. The van der Waals surface area contributed by atoms with Crippen molar-refractivity contribution in [3.63, 3.8) is 0 Å². The molecule has 9 heteroatoms. The van der Waals surface area contributed by atoms with Gasteiger partial charge in [0.1, 0.15) is 0 Å². The highest BCUT2D eigenvalue weighted by molar-refractivity contribution is 6.30. The van der Waals surface area contributed by atoms with Gasteiger partial charge in [-0.2, -0.15) is 4.98 Å². The maximum absolute atomic E-state index is 12.8. The first-order chi connectivity index (χ1) is 17.9. The molecule has 0 bridgehead atoms. The lowest BCUT2D eigenvalue weighted by Crippen LogP contribution is -2.58. The van der Waals surface area contributed by atoms with Crippen molar-refractivity contribution in [2.45, 2.75) is 38.4 Å². The molecule has 1 saturated heterocycles. The lowest BCUT2D eigenvalue weighted by Gasteiger charge is -2.48. The number of rotatable bonds is 5. The highest BCUT2D eigenvalue weighted by atomic mass is 35.5. The van der Waals surface area contributed by atoms with Gasteiger partial charge in [0.2, 0.25) is 5.52 Å². The number of piperazine rings is 1. The zero-order valence-corrected chi connectivity index (χ0v) is 21.8. The minimum atomic E-state index is -0.338. The molecule has 37 heavy (non-hydrogen) atoms. The molecule has 8 nitrogen and oxygen atoms in total. The Labute approximate surface area is 221 Å². The SMILES string of the molecule is [C-]#[N+]c1ccc2c(n1)c(N1CC(CC)N(C(c3ccc(Cl)cc3)c3ccccn3)CC1C)nc(=O)n2C. The van der Waals surface area contributed by atoms with E-state index in [1.54, 1.807) is 19.2 Å². The van der Waals surface area contributed by atoms with Crippen LogP contribution in [0.4, 0.5) is 11.6 Å². The lowest BCUT2D eigenvalue weighted by molar-refractivity contribution is 0.113. The summed E-state index contributed by atoms with van der Waals surface area (Å²) in [6.45, 7) is 13.1. The van der Waals surface area contributed by atoms with Crippen molar-refractivity contribution in [3.8, 4) is 0 Å². The first kappa shape index (κ1) is 24.9. The summed E-state index contributed by atoms with van der Waals surface area (Å²) in [5, 5.41) is 0.698. The highest BCUT2D eigenvalue weighted by Gasteiger charge is 2.38. The van der Waals surface area contributed by atoms with Gasteiger partial charge < -0.3 is 9.74 Å². The fraction of sp³-hybridized carbons (Fsp3) is 0.321. The van der Waals surface area contributed by atoms with E-state index in [4.69, 9.17) is 23.2 Å². The minimum Gasteiger partial charge on any atom is -0.361 e. The van der Waals surface area contributed by atoms with Crippen LogP contribution in [-0.4, -0.2) is 49.6 Å². The van der Waals surface area contributed by atoms with E-state index in [2.05, 4.69) is 56.7 Å². The van der Waals surface area contributed by atoms with Crippen LogP contribution in [0.15, 0.2) is 65.6 Å². The third-order valence-corrected chi connectivity index (χ3v) is 7.40. The molecule has 4 aromatic rings. The molecule has 1 aliphatic rings. The summed E-state index contributed by atoms with van der Waals surface area (Å²) in [6.07, 6.45) is 2.72.